The maximum Gasteiger partial charge on any atom is 0.210 e. The highest BCUT2D eigenvalue weighted by Crippen LogP contribution is 2.47. The molecule has 0 saturated heterocycles. The van der Waals surface area contributed by atoms with Crippen LogP contribution in [0.5, 0.6) is 0 Å². The summed E-state index contributed by atoms with van der Waals surface area (Å²) in [5.74, 6) is 6.07. The smallest absolute Gasteiger partial charge is 0.210 e. The zero-order valence-corrected chi connectivity index (χ0v) is 9.70. The lowest BCUT2D eigenvalue weighted by atomic mass is 10.2. The van der Waals surface area contributed by atoms with Crippen LogP contribution in [0, 0.1) is 5.41 Å². The molecule has 1 aliphatic rings. The van der Waals surface area contributed by atoms with Crippen molar-refractivity contribution in [2.75, 3.05) is 5.32 Å². The highest BCUT2D eigenvalue weighted by Gasteiger charge is 2.46. The molecule has 4 N–H and O–H groups in total. The van der Waals surface area contributed by atoms with Crippen molar-refractivity contribution in [3.63, 3.8) is 0 Å². The van der Waals surface area contributed by atoms with Gasteiger partial charge < -0.3 is 5.32 Å². The fourth-order valence-corrected chi connectivity index (χ4v) is 1.58. The first-order valence-electron chi connectivity index (χ1n) is 5.48. The van der Waals surface area contributed by atoms with Crippen LogP contribution in [0.1, 0.15) is 20.3 Å². The van der Waals surface area contributed by atoms with Crippen molar-refractivity contribution in [3.8, 4) is 0 Å². The Morgan fingerprint density at radius 3 is 2.50 bits per heavy atom. The maximum atomic E-state index is 5.44. The van der Waals surface area contributed by atoms with Crippen molar-refractivity contribution in [1.29, 1.82) is 0 Å². The molecule has 0 aromatic heterocycles. The van der Waals surface area contributed by atoms with Crippen molar-refractivity contribution in [3.05, 3.63) is 30.3 Å². The van der Waals surface area contributed by atoms with Crippen molar-refractivity contribution in [2.45, 2.75) is 26.3 Å². The molecule has 0 aliphatic heterocycles. The quantitative estimate of drug-likeness (QED) is 0.306. The van der Waals surface area contributed by atoms with Crippen LogP contribution in [0.25, 0.3) is 0 Å². The molecule has 1 unspecified atom stereocenters. The molecule has 1 aromatic rings. The number of nitrogens with two attached hydrogens (primary N) is 1. The van der Waals surface area contributed by atoms with Gasteiger partial charge in [0.25, 0.3) is 0 Å². The Morgan fingerprint density at radius 1 is 1.38 bits per heavy atom. The van der Waals surface area contributed by atoms with Gasteiger partial charge in [-0.3, -0.25) is 5.43 Å². The molecule has 0 heterocycles. The predicted molar refractivity (Wildman–Crippen MR) is 67.0 cm³/mol. The average Bonchev–Trinajstić information content (AvgIpc) is 2.86. The van der Waals surface area contributed by atoms with E-state index in [9.17, 15) is 0 Å². The number of nitrogens with zero attached hydrogens (tertiary/aromatic N) is 1. The van der Waals surface area contributed by atoms with Crippen LogP contribution in [0.15, 0.2) is 35.3 Å². The molecule has 1 saturated carbocycles. The standard InChI is InChI=1S/C12H18N4/c1-12(2)8-10(12)15-11(16-13)14-9-6-4-3-5-7-9/h3-7,10H,8,13H2,1-2H3,(H2,14,15,16). The van der Waals surface area contributed by atoms with Gasteiger partial charge >= 0.3 is 0 Å². The Hall–Kier alpha value is -1.55. The summed E-state index contributed by atoms with van der Waals surface area (Å²) in [5.41, 5.74) is 3.90. The van der Waals surface area contributed by atoms with E-state index in [1.54, 1.807) is 0 Å². The van der Waals surface area contributed by atoms with Gasteiger partial charge in [0, 0.05) is 5.69 Å². The number of guanidine groups is 1. The fourth-order valence-electron chi connectivity index (χ4n) is 1.58. The van der Waals surface area contributed by atoms with Crippen LogP contribution in [0.4, 0.5) is 5.69 Å². The van der Waals surface area contributed by atoms with Gasteiger partial charge in [-0.2, -0.15) is 0 Å². The van der Waals surface area contributed by atoms with Crippen LogP contribution in [0.2, 0.25) is 0 Å². The number of hydrazine groups is 1. The first-order valence-corrected chi connectivity index (χ1v) is 5.48. The van der Waals surface area contributed by atoms with Gasteiger partial charge in [-0.05, 0) is 24.0 Å². The van der Waals surface area contributed by atoms with Gasteiger partial charge in [0.15, 0.2) is 0 Å². The molecule has 0 radical (unpaired) electrons. The number of hydrogen-bond acceptors (Lipinski definition) is 2. The van der Waals surface area contributed by atoms with Gasteiger partial charge in [0.1, 0.15) is 0 Å². The Balaban J connectivity index is 2.02. The third kappa shape index (κ3) is 2.52. The third-order valence-corrected chi connectivity index (χ3v) is 2.92. The first-order chi connectivity index (χ1) is 7.62. The van der Waals surface area contributed by atoms with E-state index in [4.69, 9.17) is 5.84 Å². The van der Waals surface area contributed by atoms with Gasteiger partial charge in [-0.15, -0.1) is 0 Å². The maximum absolute atomic E-state index is 5.44. The van der Waals surface area contributed by atoms with Crippen LogP contribution >= 0.6 is 0 Å². The van der Waals surface area contributed by atoms with E-state index in [1.807, 2.05) is 30.3 Å². The summed E-state index contributed by atoms with van der Waals surface area (Å²) in [6, 6.07) is 10.2. The summed E-state index contributed by atoms with van der Waals surface area (Å²) >= 11 is 0. The minimum absolute atomic E-state index is 0.320. The zero-order chi connectivity index (χ0) is 11.6. The van der Waals surface area contributed by atoms with Crippen molar-refractivity contribution < 1.29 is 0 Å². The van der Waals surface area contributed by atoms with E-state index in [0.717, 1.165) is 12.1 Å². The second-order valence-corrected chi connectivity index (χ2v) is 4.82. The number of anilines is 1. The third-order valence-electron chi connectivity index (χ3n) is 2.92. The van der Waals surface area contributed by atoms with E-state index in [1.165, 1.54) is 0 Å². The number of nitrogens with one attached hydrogen (secondary N) is 2. The number of benzene rings is 1. The number of aliphatic imine (C=N–C) groups is 1. The number of rotatable bonds is 2. The molecule has 1 atom stereocenters. The normalized spacial score (nSPS) is 22.7. The van der Waals surface area contributed by atoms with Gasteiger partial charge in [0.2, 0.25) is 5.96 Å². The molecular weight excluding hydrogens is 200 g/mol. The predicted octanol–water partition coefficient (Wildman–Crippen LogP) is 1.72. The molecule has 1 aromatic carbocycles. The fraction of sp³-hybridized carbons (Fsp3) is 0.417. The first kappa shape index (κ1) is 11.0. The second-order valence-electron chi connectivity index (χ2n) is 4.82. The van der Waals surface area contributed by atoms with Crippen LogP contribution in [-0.4, -0.2) is 12.0 Å². The Morgan fingerprint density at radius 2 is 2.00 bits per heavy atom. The summed E-state index contributed by atoms with van der Waals surface area (Å²) < 4.78 is 0. The average molecular weight is 218 g/mol. The Kier molecular flexibility index (Phi) is 2.83. The Labute approximate surface area is 95.9 Å². The summed E-state index contributed by atoms with van der Waals surface area (Å²) in [6.45, 7) is 4.41. The monoisotopic (exact) mass is 218 g/mol. The SMILES string of the molecule is CC1(C)CC1N=C(NN)Nc1ccccc1. The zero-order valence-electron chi connectivity index (χ0n) is 9.70. The summed E-state index contributed by atoms with van der Waals surface area (Å²) in [6.07, 6.45) is 1.12. The largest absolute Gasteiger partial charge is 0.325 e. The van der Waals surface area contributed by atoms with Crippen LogP contribution in [0.3, 0.4) is 0 Å². The highest BCUT2D eigenvalue weighted by atomic mass is 15.3. The molecular formula is C12H18N4. The summed E-state index contributed by atoms with van der Waals surface area (Å²) in [7, 11) is 0. The lowest BCUT2D eigenvalue weighted by Crippen LogP contribution is -2.36. The van der Waals surface area contributed by atoms with E-state index >= 15 is 0 Å². The molecule has 0 amide bonds. The van der Waals surface area contributed by atoms with Gasteiger partial charge in [-0.25, -0.2) is 10.8 Å². The van der Waals surface area contributed by atoms with Crippen molar-refractivity contribution >= 4 is 11.6 Å². The lowest BCUT2D eigenvalue weighted by Gasteiger charge is -2.09. The molecule has 4 heteroatoms. The summed E-state index contributed by atoms with van der Waals surface area (Å²) in [4.78, 5) is 4.52. The molecule has 0 spiro atoms. The molecule has 2 rings (SSSR count). The van der Waals surface area contributed by atoms with E-state index in [-0.39, 0.29) is 0 Å². The Bertz CT molecular complexity index is 383. The van der Waals surface area contributed by atoms with Crippen molar-refractivity contribution in [1.82, 2.24) is 5.43 Å². The summed E-state index contributed by atoms with van der Waals surface area (Å²) in [5, 5.41) is 3.15. The van der Waals surface area contributed by atoms with E-state index in [2.05, 4.69) is 29.6 Å². The second kappa shape index (κ2) is 4.14. The molecule has 16 heavy (non-hydrogen) atoms. The molecule has 0 bridgehead atoms. The highest BCUT2D eigenvalue weighted by molar-refractivity contribution is 5.93. The van der Waals surface area contributed by atoms with E-state index in [0.29, 0.717) is 17.4 Å². The minimum Gasteiger partial charge on any atom is -0.325 e. The topological polar surface area (TPSA) is 62.4 Å². The van der Waals surface area contributed by atoms with Gasteiger partial charge in [0.05, 0.1) is 6.04 Å². The van der Waals surface area contributed by atoms with Crippen LogP contribution < -0.4 is 16.6 Å². The molecule has 1 fully saturated rings. The number of hydrogen-bond donors (Lipinski definition) is 3. The van der Waals surface area contributed by atoms with Crippen LogP contribution in [-0.2, 0) is 0 Å². The molecule has 1 aliphatic carbocycles. The minimum atomic E-state index is 0.320. The molecule has 4 nitrogen and oxygen atoms in total. The number of para-hydroxylation sites is 1. The van der Waals surface area contributed by atoms with E-state index < -0.39 is 0 Å². The van der Waals surface area contributed by atoms with Crippen molar-refractivity contribution in [2.24, 2.45) is 16.3 Å². The lowest BCUT2D eigenvalue weighted by molar-refractivity contribution is 0.617. The van der Waals surface area contributed by atoms with Gasteiger partial charge in [-0.1, -0.05) is 32.0 Å². The molecule has 86 valence electrons.